The van der Waals surface area contributed by atoms with Crippen LogP contribution in [0.4, 0.5) is 0 Å². The summed E-state index contributed by atoms with van der Waals surface area (Å²) in [4.78, 5) is 0. The molecule has 0 spiro atoms. The van der Waals surface area contributed by atoms with Gasteiger partial charge in [0, 0.05) is 16.5 Å². The number of rotatable bonds is 3. The second kappa shape index (κ2) is 5.29. The van der Waals surface area contributed by atoms with Crippen molar-refractivity contribution in [2.75, 3.05) is 0 Å². The summed E-state index contributed by atoms with van der Waals surface area (Å²) in [5.74, 6) is 0. The molecule has 1 nitrogen and oxygen atoms in total. The number of nitrogens with zero attached hydrogens (tertiary/aromatic N) is 1. The van der Waals surface area contributed by atoms with E-state index in [4.69, 9.17) is 0 Å². The predicted octanol–water partition coefficient (Wildman–Crippen LogP) is 6.07. The van der Waals surface area contributed by atoms with Gasteiger partial charge in [-0.2, -0.15) is 0 Å². The zero-order valence-corrected chi connectivity index (χ0v) is 12.9. The van der Waals surface area contributed by atoms with E-state index in [1.807, 2.05) is 12.2 Å². The van der Waals surface area contributed by atoms with Gasteiger partial charge in [0.2, 0.25) is 0 Å². The number of benzene rings is 3. The monoisotopic (exact) mass is 295 g/mol. The fourth-order valence-corrected chi connectivity index (χ4v) is 3.26. The Hall–Kier alpha value is -3.06. The highest BCUT2D eigenvalue weighted by atomic mass is 15.0. The molecule has 0 amide bonds. The fourth-order valence-electron chi connectivity index (χ4n) is 3.26. The lowest BCUT2D eigenvalue weighted by Crippen LogP contribution is -1.95. The third-order valence-electron chi connectivity index (χ3n) is 4.35. The normalized spacial score (nSPS) is 11.0. The second-order valence-corrected chi connectivity index (χ2v) is 5.59. The quantitative estimate of drug-likeness (QED) is 0.432. The van der Waals surface area contributed by atoms with E-state index in [9.17, 15) is 0 Å². The first-order chi connectivity index (χ1) is 11.3. The molecule has 0 aliphatic carbocycles. The van der Waals surface area contributed by atoms with Gasteiger partial charge < -0.3 is 4.57 Å². The molecule has 0 saturated carbocycles. The molecule has 0 aliphatic rings. The molecule has 0 N–H and O–H groups in total. The Labute approximate surface area is 135 Å². The minimum absolute atomic E-state index is 1.10. The van der Waals surface area contributed by atoms with Crippen molar-refractivity contribution in [1.29, 1.82) is 0 Å². The third kappa shape index (κ3) is 2.01. The molecule has 0 radical (unpaired) electrons. The van der Waals surface area contributed by atoms with Gasteiger partial charge in [-0.25, -0.2) is 0 Å². The van der Waals surface area contributed by atoms with E-state index in [1.165, 1.54) is 21.8 Å². The van der Waals surface area contributed by atoms with Crippen molar-refractivity contribution in [3.8, 4) is 5.69 Å². The summed E-state index contributed by atoms with van der Waals surface area (Å²) in [5.41, 5.74) is 5.77. The molecule has 0 atom stereocenters. The highest BCUT2D eigenvalue weighted by Gasteiger charge is 2.11. The minimum Gasteiger partial charge on any atom is -0.309 e. The van der Waals surface area contributed by atoms with Crippen LogP contribution in [0.5, 0.6) is 0 Å². The zero-order chi connectivity index (χ0) is 15.8. The Kier molecular flexibility index (Phi) is 3.13. The minimum atomic E-state index is 1.10. The molecule has 0 unspecified atom stereocenters. The van der Waals surface area contributed by atoms with Gasteiger partial charge in [0.05, 0.1) is 11.0 Å². The van der Waals surface area contributed by atoms with Crippen LogP contribution in [0.15, 0.2) is 79.9 Å². The maximum absolute atomic E-state index is 3.93. The van der Waals surface area contributed by atoms with E-state index in [2.05, 4.69) is 84.5 Å². The van der Waals surface area contributed by atoms with E-state index >= 15 is 0 Å². The van der Waals surface area contributed by atoms with E-state index in [-0.39, 0.29) is 0 Å². The number of hydrogen-bond donors (Lipinski definition) is 0. The molecule has 0 aliphatic heterocycles. The molecule has 0 bridgehead atoms. The van der Waals surface area contributed by atoms with Gasteiger partial charge in [0.25, 0.3) is 0 Å². The molecule has 110 valence electrons. The van der Waals surface area contributed by atoms with Crippen LogP contribution in [0.3, 0.4) is 0 Å². The van der Waals surface area contributed by atoms with E-state index in [0.29, 0.717) is 0 Å². The summed E-state index contributed by atoms with van der Waals surface area (Å²) in [6.45, 7) is 7.81. The van der Waals surface area contributed by atoms with Gasteiger partial charge in [-0.3, -0.25) is 0 Å². The Bertz CT molecular complexity index is 997. The Morgan fingerprint density at radius 3 is 1.78 bits per heavy atom. The number of aromatic nitrogens is 1. The van der Waals surface area contributed by atoms with Crippen LogP contribution in [0.25, 0.3) is 39.6 Å². The summed E-state index contributed by atoms with van der Waals surface area (Å²) in [6.07, 6.45) is 3.75. The van der Waals surface area contributed by atoms with Crippen LogP contribution in [0, 0.1) is 0 Å². The smallest absolute Gasteiger partial charge is 0.0541 e. The molecule has 4 rings (SSSR count). The van der Waals surface area contributed by atoms with Crippen molar-refractivity contribution < 1.29 is 0 Å². The second-order valence-electron chi connectivity index (χ2n) is 5.59. The highest BCUT2D eigenvalue weighted by molar-refractivity contribution is 6.09. The fraction of sp³-hybridized carbons (Fsp3) is 0. The molecule has 23 heavy (non-hydrogen) atoms. The molecular weight excluding hydrogens is 278 g/mol. The first-order valence-electron chi connectivity index (χ1n) is 7.71. The van der Waals surface area contributed by atoms with E-state index in [1.54, 1.807) is 0 Å². The van der Waals surface area contributed by atoms with Gasteiger partial charge in [-0.15, -0.1) is 0 Å². The molecule has 1 aromatic heterocycles. The van der Waals surface area contributed by atoms with Crippen molar-refractivity contribution in [2.45, 2.75) is 0 Å². The van der Waals surface area contributed by atoms with Crippen LogP contribution in [-0.4, -0.2) is 4.57 Å². The van der Waals surface area contributed by atoms with Gasteiger partial charge in [0.15, 0.2) is 0 Å². The first kappa shape index (κ1) is 13.6. The van der Waals surface area contributed by atoms with Gasteiger partial charge in [-0.05, 0) is 35.4 Å². The highest BCUT2D eigenvalue weighted by Crippen LogP contribution is 2.32. The summed E-state index contributed by atoms with van der Waals surface area (Å²) in [5, 5.41) is 2.55. The summed E-state index contributed by atoms with van der Waals surface area (Å²) < 4.78 is 2.31. The Morgan fingerprint density at radius 2 is 1.22 bits per heavy atom. The first-order valence-corrected chi connectivity index (χ1v) is 7.71. The summed E-state index contributed by atoms with van der Waals surface area (Å²) in [6, 6.07) is 23.5. The maximum atomic E-state index is 3.93. The number of fused-ring (bicyclic) bond motifs is 3. The molecule has 0 saturated heterocycles. The molecule has 1 heteroatoms. The van der Waals surface area contributed by atoms with Crippen LogP contribution in [-0.2, 0) is 0 Å². The molecular formula is C22H17N. The largest absolute Gasteiger partial charge is 0.309 e. The maximum Gasteiger partial charge on any atom is 0.0541 e. The van der Waals surface area contributed by atoms with Crippen molar-refractivity contribution >= 4 is 34.0 Å². The van der Waals surface area contributed by atoms with Crippen molar-refractivity contribution in [2.24, 2.45) is 0 Å². The Morgan fingerprint density at radius 1 is 0.652 bits per heavy atom. The molecule has 1 heterocycles. The Balaban J connectivity index is 2.12. The molecule has 4 aromatic rings. The van der Waals surface area contributed by atoms with Crippen LogP contribution >= 0.6 is 0 Å². The van der Waals surface area contributed by atoms with Gasteiger partial charge in [-0.1, -0.05) is 67.8 Å². The van der Waals surface area contributed by atoms with Crippen molar-refractivity contribution in [3.63, 3.8) is 0 Å². The van der Waals surface area contributed by atoms with Gasteiger partial charge in [0.1, 0.15) is 0 Å². The topological polar surface area (TPSA) is 4.93 Å². The van der Waals surface area contributed by atoms with Gasteiger partial charge >= 0.3 is 0 Å². The SMILES string of the molecule is C=Cc1ccc(-n2c3ccccc3c3ccccc32)cc1C=C. The van der Waals surface area contributed by atoms with Crippen LogP contribution in [0.1, 0.15) is 11.1 Å². The average Bonchev–Trinajstić information content (AvgIpc) is 2.95. The molecule has 0 fully saturated rings. The number of para-hydroxylation sites is 2. The lowest BCUT2D eigenvalue weighted by molar-refractivity contribution is 1.18. The van der Waals surface area contributed by atoms with Crippen molar-refractivity contribution in [1.82, 2.24) is 4.57 Å². The lowest BCUT2D eigenvalue weighted by Gasteiger charge is -2.10. The summed E-state index contributed by atoms with van der Waals surface area (Å²) in [7, 11) is 0. The van der Waals surface area contributed by atoms with Crippen LogP contribution in [0.2, 0.25) is 0 Å². The average molecular weight is 295 g/mol. The van der Waals surface area contributed by atoms with E-state index < -0.39 is 0 Å². The standard InChI is InChI=1S/C22H17N/c1-3-16-13-14-18(15-17(16)4-2)23-21-11-7-5-9-19(21)20-10-6-8-12-22(20)23/h3-15H,1-2H2. The predicted molar refractivity (Wildman–Crippen MR) is 101 cm³/mol. The van der Waals surface area contributed by atoms with Crippen molar-refractivity contribution in [3.05, 3.63) is 91.0 Å². The van der Waals surface area contributed by atoms with Crippen LogP contribution < -0.4 is 0 Å². The number of hydrogen-bond acceptors (Lipinski definition) is 0. The van der Waals surface area contributed by atoms with E-state index in [0.717, 1.165) is 16.8 Å². The molecule has 3 aromatic carbocycles. The third-order valence-corrected chi connectivity index (χ3v) is 4.35. The lowest BCUT2D eigenvalue weighted by atomic mass is 10.1. The zero-order valence-electron chi connectivity index (χ0n) is 12.9. The summed E-state index contributed by atoms with van der Waals surface area (Å²) >= 11 is 0.